The molecular weight excluding hydrogens is 252 g/mol. The molecule has 1 aromatic heterocycles. The molecule has 4 heteroatoms. The average molecular weight is 270 g/mol. The van der Waals surface area contributed by atoms with Crippen molar-refractivity contribution in [2.45, 2.75) is 13.0 Å². The highest BCUT2D eigenvalue weighted by atomic mass is 16.6. The van der Waals surface area contributed by atoms with Gasteiger partial charge in [-0.05, 0) is 29.7 Å². The fourth-order valence-electron chi connectivity index (χ4n) is 1.77. The lowest BCUT2D eigenvalue weighted by Gasteiger charge is -2.16. The topological polar surface area (TPSA) is 42.4 Å². The summed E-state index contributed by atoms with van der Waals surface area (Å²) in [6.07, 6.45) is 3.99. The molecule has 0 aliphatic heterocycles. The standard InChI is InChI=1S/C16H18N2O2/c1-18(12-9-14-7-10-17-11-8-14)16(19)20-13-15-5-3-2-4-6-15/h2-8,10-11H,9,12-13H2,1H3. The van der Waals surface area contributed by atoms with E-state index in [0.717, 1.165) is 17.5 Å². The predicted molar refractivity (Wildman–Crippen MR) is 77.2 cm³/mol. The van der Waals surface area contributed by atoms with Crippen LogP contribution in [0.3, 0.4) is 0 Å². The zero-order chi connectivity index (χ0) is 14.2. The normalized spacial score (nSPS) is 10.1. The van der Waals surface area contributed by atoms with Gasteiger partial charge in [-0.1, -0.05) is 30.3 Å². The second-order valence-electron chi connectivity index (χ2n) is 4.57. The summed E-state index contributed by atoms with van der Waals surface area (Å²) >= 11 is 0. The van der Waals surface area contributed by atoms with Gasteiger partial charge in [0.15, 0.2) is 0 Å². The lowest BCUT2D eigenvalue weighted by atomic mass is 10.2. The molecule has 1 amide bonds. The lowest BCUT2D eigenvalue weighted by Crippen LogP contribution is -2.29. The van der Waals surface area contributed by atoms with E-state index in [1.54, 1.807) is 24.3 Å². The minimum Gasteiger partial charge on any atom is -0.445 e. The van der Waals surface area contributed by atoms with Crippen molar-refractivity contribution in [1.82, 2.24) is 9.88 Å². The number of nitrogens with zero attached hydrogens (tertiary/aromatic N) is 2. The number of ether oxygens (including phenoxy) is 1. The molecular formula is C16H18N2O2. The van der Waals surface area contributed by atoms with Gasteiger partial charge in [-0.2, -0.15) is 0 Å². The molecule has 104 valence electrons. The Morgan fingerprint density at radius 2 is 1.80 bits per heavy atom. The molecule has 0 unspecified atom stereocenters. The second-order valence-corrected chi connectivity index (χ2v) is 4.57. The number of pyridine rings is 1. The van der Waals surface area contributed by atoms with Crippen LogP contribution in [0.1, 0.15) is 11.1 Å². The van der Waals surface area contributed by atoms with Gasteiger partial charge in [-0.3, -0.25) is 4.98 Å². The molecule has 4 nitrogen and oxygen atoms in total. The summed E-state index contributed by atoms with van der Waals surface area (Å²) in [5.41, 5.74) is 2.14. The number of carbonyl (C=O) groups is 1. The fraction of sp³-hybridized carbons (Fsp3) is 0.250. The molecule has 1 aromatic carbocycles. The highest BCUT2D eigenvalue weighted by molar-refractivity contribution is 5.67. The Hall–Kier alpha value is -2.36. The van der Waals surface area contributed by atoms with Crippen molar-refractivity contribution in [1.29, 1.82) is 0 Å². The zero-order valence-electron chi connectivity index (χ0n) is 11.5. The Morgan fingerprint density at radius 1 is 1.10 bits per heavy atom. The summed E-state index contributed by atoms with van der Waals surface area (Å²) in [6, 6.07) is 13.6. The van der Waals surface area contributed by atoms with Gasteiger partial charge in [0.05, 0.1) is 0 Å². The number of hydrogen-bond acceptors (Lipinski definition) is 3. The summed E-state index contributed by atoms with van der Waals surface area (Å²) in [5.74, 6) is 0. The number of amides is 1. The van der Waals surface area contributed by atoms with Crippen LogP contribution in [0.5, 0.6) is 0 Å². The van der Waals surface area contributed by atoms with E-state index in [0.29, 0.717) is 13.2 Å². The van der Waals surface area contributed by atoms with E-state index in [1.165, 1.54) is 0 Å². The quantitative estimate of drug-likeness (QED) is 0.839. The molecule has 0 radical (unpaired) electrons. The molecule has 2 rings (SSSR count). The third-order valence-corrected chi connectivity index (χ3v) is 3.00. The van der Waals surface area contributed by atoms with Gasteiger partial charge >= 0.3 is 6.09 Å². The molecule has 0 saturated carbocycles. The zero-order valence-corrected chi connectivity index (χ0v) is 11.5. The van der Waals surface area contributed by atoms with Crippen molar-refractivity contribution >= 4 is 6.09 Å². The predicted octanol–water partition coefficient (Wildman–Crippen LogP) is 2.89. The van der Waals surface area contributed by atoms with E-state index in [9.17, 15) is 4.79 Å². The van der Waals surface area contributed by atoms with Crippen molar-refractivity contribution in [2.24, 2.45) is 0 Å². The Bertz CT molecular complexity index is 529. The number of rotatable bonds is 5. The van der Waals surface area contributed by atoms with Crippen LogP contribution >= 0.6 is 0 Å². The number of likely N-dealkylation sites (N-methyl/N-ethyl adjacent to an activating group) is 1. The van der Waals surface area contributed by atoms with Crippen molar-refractivity contribution in [3.05, 3.63) is 66.0 Å². The molecule has 20 heavy (non-hydrogen) atoms. The van der Waals surface area contributed by atoms with E-state index < -0.39 is 0 Å². The molecule has 0 bridgehead atoms. The van der Waals surface area contributed by atoms with Gasteiger partial charge in [0, 0.05) is 26.0 Å². The number of carbonyl (C=O) groups excluding carboxylic acids is 1. The van der Waals surface area contributed by atoms with E-state index >= 15 is 0 Å². The van der Waals surface area contributed by atoms with E-state index in [4.69, 9.17) is 4.74 Å². The van der Waals surface area contributed by atoms with Gasteiger partial charge < -0.3 is 9.64 Å². The molecule has 0 saturated heterocycles. The lowest BCUT2D eigenvalue weighted by molar-refractivity contribution is 0.105. The minimum absolute atomic E-state index is 0.303. The Morgan fingerprint density at radius 3 is 2.50 bits per heavy atom. The van der Waals surface area contributed by atoms with Crippen LogP contribution in [-0.2, 0) is 17.8 Å². The number of aromatic nitrogens is 1. The molecule has 0 N–H and O–H groups in total. The SMILES string of the molecule is CN(CCc1ccncc1)C(=O)OCc1ccccc1. The van der Waals surface area contributed by atoms with Crippen molar-refractivity contribution in [2.75, 3.05) is 13.6 Å². The third-order valence-electron chi connectivity index (χ3n) is 3.00. The van der Waals surface area contributed by atoms with Gasteiger partial charge in [-0.15, -0.1) is 0 Å². The largest absolute Gasteiger partial charge is 0.445 e. The van der Waals surface area contributed by atoms with Gasteiger partial charge in [0.2, 0.25) is 0 Å². The maximum atomic E-state index is 11.8. The second kappa shape index (κ2) is 7.28. The van der Waals surface area contributed by atoms with Crippen molar-refractivity contribution in [3.63, 3.8) is 0 Å². The molecule has 0 fully saturated rings. The highest BCUT2D eigenvalue weighted by Crippen LogP contribution is 2.04. The van der Waals surface area contributed by atoms with Crippen LogP contribution < -0.4 is 0 Å². The first-order valence-electron chi connectivity index (χ1n) is 6.56. The maximum absolute atomic E-state index is 11.8. The van der Waals surface area contributed by atoms with Crippen LogP contribution in [0, 0.1) is 0 Å². The first-order chi connectivity index (χ1) is 9.75. The molecule has 0 atom stereocenters. The van der Waals surface area contributed by atoms with Crippen LogP contribution in [0.25, 0.3) is 0 Å². The maximum Gasteiger partial charge on any atom is 0.409 e. The molecule has 2 aromatic rings. The summed E-state index contributed by atoms with van der Waals surface area (Å²) in [4.78, 5) is 17.4. The van der Waals surface area contributed by atoms with E-state index in [1.807, 2.05) is 42.5 Å². The van der Waals surface area contributed by atoms with E-state index in [2.05, 4.69) is 4.98 Å². The van der Waals surface area contributed by atoms with Gasteiger partial charge in [0.1, 0.15) is 6.61 Å². The van der Waals surface area contributed by atoms with Crippen LogP contribution in [0.4, 0.5) is 4.79 Å². The van der Waals surface area contributed by atoms with Crippen LogP contribution in [0.15, 0.2) is 54.9 Å². The average Bonchev–Trinajstić information content (AvgIpc) is 2.52. The number of hydrogen-bond donors (Lipinski definition) is 0. The van der Waals surface area contributed by atoms with Crippen LogP contribution in [0.2, 0.25) is 0 Å². The van der Waals surface area contributed by atoms with Gasteiger partial charge in [0.25, 0.3) is 0 Å². The Kier molecular flexibility index (Phi) is 5.12. The molecule has 0 aliphatic rings. The summed E-state index contributed by atoms with van der Waals surface area (Å²) in [7, 11) is 1.74. The molecule has 1 heterocycles. The van der Waals surface area contributed by atoms with Gasteiger partial charge in [-0.25, -0.2) is 4.79 Å². The van der Waals surface area contributed by atoms with Crippen LogP contribution in [-0.4, -0.2) is 29.6 Å². The molecule has 0 spiro atoms. The molecule has 0 aliphatic carbocycles. The third kappa shape index (κ3) is 4.39. The highest BCUT2D eigenvalue weighted by Gasteiger charge is 2.09. The first kappa shape index (κ1) is 14.1. The van der Waals surface area contributed by atoms with Crippen molar-refractivity contribution < 1.29 is 9.53 Å². The van der Waals surface area contributed by atoms with Crippen molar-refractivity contribution in [3.8, 4) is 0 Å². The smallest absolute Gasteiger partial charge is 0.409 e. The minimum atomic E-state index is -0.303. The Balaban J connectivity index is 1.75. The number of benzene rings is 1. The summed E-state index contributed by atoms with van der Waals surface area (Å²) in [6.45, 7) is 0.927. The fourth-order valence-corrected chi connectivity index (χ4v) is 1.77. The Labute approximate surface area is 119 Å². The summed E-state index contributed by atoms with van der Waals surface area (Å²) in [5, 5.41) is 0. The van der Waals surface area contributed by atoms with E-state index in [-0.39, 0.29) is 6.09 Å². The monoisotopic (exact) mass is 270 g/mol. The summed E-state index contributed by atoms with van der Waals surface area (Å²) < 4.78 is 5.25. The first-order valence-corrected chi connectivity index (χ1v) is 6.56.